The lowest BCUT2D eigenvalue weighted by atomic mass is 9.91. The number of ether oxygens (including phenoxy) is 1. The van der Waals surface area contributed by atoms with Gasteiger partial charge in [-0.3, -0.25) is 9.69 Å². The van der Waals surface area contributed by atoms with Gasteiger partial charge < -0.3 is 15.2 Å². The number of nitrogens with zero attached hydrogens (tertiary/aromatic N) is 1. The number of nitrogens with one attached hydrogen (secondary N) is 1. The lowest BCUT2D eigenvalue weighted by Crippen LogP contribution is -2.41. The van der Waals surface area contributed by atoms with Gasteiger partial charge in [0, 0.05) is 36.8 Å². The molecule has 34 heavy (non-hydrogen) atoms. The van der Waals surface area contributed by atoms with Crippen molar-refractivity contribution in [2.24, 2.45) is 0 Å². The number of carboxylic acids is 1. The second-order valence-corrected chi connectivity index (χ2v) is 8.78. The van der Waals surface area contributed by atoms with E-state index in [0.29, 0.717) is 12.2 Å². The van der Waals surface area contributed by atoms with E-state index in [1.165, 1.54) is 36.9 Å². The Labute approximate surface area is 195 Å². The lowest BCUT2D eigenvalue weighted by Gasteiger charge is -2.36. The van der Waals surface area contributed by atoms with Crippen LogP contribution >= 0.6 is 0 Å². The van der Waals surface area contributed by atoms with Crippen LogP contribution in [0.5, 0.6) is 5.75 Å². The number of alkyl halides is 3. The molecule has 1 amide bonds. The first kappa shape index (κ1) is 24.1. The molecule has 0 saturated heterocycles. The Morgan fingerprint density at radius 1 is 0.971 bits per heavy atom. The molecule has 1 fully saturated rings. The molecule has 0 bridgehead atoms. The number of aliphatic carboxylic acids is 1. The van der Waals surface area contributed by atoms with Gasteiger partial charge in [0.15, 0.2) is 0 Å². The van der Waals surface area contributed by atoms with Crippen molar-refractivity contribution in [2.75, 3.05) is 25.0 Å². The standard InChI is InChI=1S/C23H26N2O2.C2HF3O2/c26-23(19-5-7-22-18(14-19)10-13-27-22)24-20-6-4-16-8-11-25(21-2-1-3-21)12-9-17(16)15-20;3-2(4,5)1(6)7/h4-7,14-15,21H,1-3,8-13H2,(H,24,26);(H,6,7). The number of carboxylic acid groups (broad SMARTS) is 1. The maximum atomic E-state index is 12.7. The zero-order valence-corrected chi connectivity index (χ0v) is 18.7. The van der Waals surface area contributed by atoms with E-state index >= 15 is 0 Å². The number of fused-ring (bicyclic) bond motifs is 2. The van der Waals surface area contributed by atoms with Gasteiger partial charge in [0.25, 0.3) is 5.91 Å². The number of amides is 1. The largest absolute Gasteiger partial charge is 0.493 e. The first-order chi connectivity index (χ1) is 16.2. The number of benzene rings is 2. The van der Waals surface area contributed by atoms with Crippen LogP contribution in [0.3, 0.4) is 0 Å². The number of hydrogen-bond donors (Lipinski definition) is 2. The molecule has 0 atom stereocenters. The Kier molecular flexibility index (Phi) is 7.11. The first-order valence-corrected chi connectivity index (χ1v) is 11.4. The molecule has 2 aromatic rings. The van der Waals surface area contributed by atoms with E-state index in [2.05, 4.69) is 22.3 Å². The van der Waals surface area contributed by atoms with Crippen LogP contribution in [0.4, 0.5) is 18.9 Å². The van der Waals surface area contributed by atoms with Gasteiger partial charge in [-0.25, -0.2) is 4.79 Å². The molecule has 0 aromatic heterocycles. The SMILES string of the molecule is O=C(Nc1ccc2c(c1)CCN(C1CCC1)CC2)c1ccc2c(c1)CCO2.O=C(O)C(F)(F)F. The summed E-state index contributed by atoms with van der Waals surface area (Å²) in [6.07, 6.45) is 2.11. The van der Waals surface area contributed by atoms with Gasteiger partial charge in [-0.2, -0.15) is 13.2 Å². The Morgan fingerprint density at radius 2 is 1.68 bits per heavy atom. The number of carbonyl (C=O) groups excluding carboxylic acids is 1. The molecule has 0 radical (unpaired) electrons. The van der Waals surface area contributed by atoms with E-state index < -0.39 is 12.1 Å². The zero-order valence-electron chi connectivity index (χ0n) is 18.7. The lowest BCUT2D eigenvalue weighted by molar-refractivity contribution is -0.192. The summed E-state index contributed by atoms with van der Waals surface area (Å²) in [6.45, 7) is 3.02. The summed E-state index contributed by atoms with van der Waals surface area (Å²) >= 11 is 0. The van der Waals surface area contributed by atoms with Gasteiger partial charge in [-0.05, 0) is 72.7 Å². The van der Waals surface area contributed by atoms with Crippen molar-refractivity contribution in [3.05, 3.63) is 58.7 Å². The molecular formula is C25H27F3N2O4. The number of rotatable bonds is 3. The minimum Gasteiger partial charge on any atom is -0.493 e. The van der Waals surface area contributed by atoms with Crippen LogP contribution in [0.1, 0.15) is 46.3 Å². The maximum Gasteiger partial charge on any atom is 0.490 e. The third-order valence-electron chi connectivity index (χ3n) is 6.59. The highest BCUT2D eigenvalue weighted by molar-refractivity contribution is 6.04. The molecule has 2 heterocycles. The second kappa shape index (κ2) is 10.0. The van der Waals surface area contributed by atoms with Gasteiger partial charge >= 0.3 is 12.1 Å². The second-order valence-electron chi connectivity index (χ2n) is 8.78. The molecule has 0 spiro atoms. The van der Waals surface area contributed by atoms with Crippen LogP contribution in [0.15, 0.2) is 36.4 Å². The highest BCUT2D eigenvalue weighted by atomic mass is 19.4. The van der Waals surface area contributed by atoms with Crippen molar-refractivity contribution in [2.45, 2.75) is 50.7 Å². The van der Waals surface area contributed by atoms with E-state index in [1.807, 2.05) is 24.3 Å². The van der Waals surface area contributed by atoms with Gasteiger partial charge in [0.2, 0.25) is 0 Å². The van der Waals surface area contributed by atoms with Crippen LogP contribution in [-0.4, -0.2) is 53.8 Å². The van der Waals surface area contributed by atoms with E-state index in [-0.39, 0.29) is 5.91 Å². The van der Waals surface area contributed by atoms with Gasteiger partial charge in [0.05, 0.1) is 6.61 Å². The monoisotopic (exact) mass is 476 g/mol. The van der Waals surface area contributed by atoms with Gasteiger partial charge in [-0.1, -0.05) is 12.5 Å². The Bertz CT molecular complexity index is 1070. The normalized spacial score (nSPS) is 17.7. The molecule has 2 aromatic carbocycles. The van der Waals surface area contributed by atoms with Crippen LogP contribution < -0.4 is 10.1 Å². The predicted molar refractivity (Wildman–Crippen MR) is 120 cm³/mol. The molecule has 5 rings (SSSR count). The Hall–Kier alpha value is -3.07. The van der Waals surface area contributed by atoms with Crippen LogP contribution in [0.25, 0.3) is 0 Å². The van der Waals surface area contributed by atoms with E-state index in [4.69, 9.17) is 14.6 Å². The van der Waals surface area contributed by atoms with Gasteiger partial charge in [-0.15, -0.1) is 0 Å². The van der Waals surface area contributed by atoms with Gasteiger partial charge in [0.1, 0.15) is 5.75 Å². The number of halogens is 3. The van der Waals surface area contributed by atoms with Crippen molar-refractivity contribution < 1.29 is 32.6 Å². The molecular weight excluding hydrogens is 449 g/mol. The van der Waals surface area contributed by atoms with Crippen LogP contribution in [0, 0.1) is 0 Å². The van der Waals surface area contributed by atoms with Crippen molar-refractivity contribution in [3.8, 4) is 5.75 Å². The average Bonchev–Trinajstić information content (AvgIpc) is 3.13. The fourth-order valence-electron chi connectivity index (χ4n) is 4.47. The molecule has 6 nitrogen and oxygen atoms in total. The van der Waals surface area contributed by atoms with E-state index in [1.54, 1.807) is 0 Å². The molecule has 182 valence electrons. The summed E-state index contributed by atoms with van der Waals surface area (Å²) in [4.78, 5) is 24.2. The van der Waals surface area contributed by atoms with Crippen LogP contribution in [0.2, 0.25) is 0 Å². The smallest absolute Gasteiger partial charge is 0.490 e. The Morgan fingerprint density at radius 3 is 2.32 bits per heavy atom. The first-order valence-electron chi connectivity index (χ1n) is 11.4. The molecule has 2 aliphatic heterocycles. The van der Waals surface area contributed by atoms with Crippen molar-refractivity contribution in [1.29, 1.82) is 0 Å². The fourth-order valence-corrected chi connectivity index (χ4v) is 4.47. The summed E-state index contributed by atoms with van der Waals surface area (Å²) in [7, 11) is 0. The zero-order chi connectivity index (χ0) is 24.3. The summed E-state index contributed by atoms with van der Waals surface area (Å²) in [5.41, 5.74) is 5.54. The molecule has 1 aliphatic carbocycles. The molecule has 2 N–H and O–H groups in total. The Balaban J connectivity index is 0.000000344. The van der Waals surface area contributed by atoms with Crippen LogP contribution in [-0.2, 0) is 24.1 Å². The fraction of sp³-hybridized carbons (Fsp3) is 0.440. The van der Waals surface area contributed by atoms with E-state index in [9.17, 15) is 18.0 Å². The third-order valence-corrected chi connectivity index (χ3v) is 6.59. The van der Waals surface area contributed by atoms with Crippen molar-refractivity contribution in [1.82, 2.24) is 4.90 Å². The molecule has 3 aliphatic rings. The highest BCUT2D eigenvalue weighted by Crippen LogP contribution is 2.29. The number of anilines is 1. The predicted octanol–water partition coefficient (Wildman–Crippen LogP) is 4.46. The van der Waals surface area contributed by atoms with Crippen molar-refractivity contribution >= 4 is 17.6 Å². The average molecular weight is 476 g/mol. The topological polar surface area (TPSA) is 78.9 Å². The molecule has 9 heteroatoms. The number of carbonyl (C=O) groups is 2. The third kappa shape index (κ3) is 5.70. The summed E-state index contributed by atoms with van der Waals surface area (Å²) in [6, 6.07) is 12.9. The summed E-state index contributed by atoms with van der Waals surface area (Å²) in [5.74, 6) is -1.89. The highest BCUT2D eigenvalue weighted by Gasteiger charge is 2.38. The molecule has 1 saturated carbocycles. The van der Waals surface area contributed by atoms with Crippen molar-refractivity contribution in [3.63, 3.8) is 0 Å². The molecule has 0 unspecified atom stereocenters. The van der Waals surface area contributed by atoms with E-state index in [0.717, 1.165) is 48.8 Å². The maximum absolute atomic E-state index is 12.7. The summed E-state index contributed by atoms with van der Waals surface area (Å²) < 4.78 is 37.3. The minimum absolute atomic E-state index is 0.0469. The number of hydrogen-bond acceptors (Lipinski definition) is 4. The minimum atomic E-state index is -5.08. The quantitative estimate of drug-likeness (QED) is 0.684. The summed E-state index contributed by atoms with van der Waals surface area (Å²) in [5, 5.41) is 10.2.